The Morgan fingerprint density at radius 3 is 2.59 bits per heavy atom. The third-order valence-corrected chi connectivity index (χ3v) is 6.04. The third kappa shape index (κ3) is 5.50. The van der Waals surface area contributed by atoms with Crippen molar-refractivity contribution in [3.63, 3.8) is 0 Å². The molecule has 1 amide bonds. The molecule has 0 aliphatic heterocycles. The van der Waals surface area contributed by atoms with Gasteiger partial charge in [-0.2, -0.15) is 0 Å². The molecule has 3 aromatic rings. The molecule has 1 aromatic carbocycles. The van der Waals surface area contributed by atoms with Gasteiger partial charge in [0.2, 0.25) is 5.91 Å². The largest absolute Gasteiger partial charge is 0.383 e. The van der Waals surface area contributed by atoms with Crippen molar-refractivity contribution in [1.29, 1.82) is 0 Å². The first-order valence-electron chi connectivity index (χ1n) is 10.3. The first-order valence-corrected chi connectivity index (χ1v) is 11.3. The van der Waals surface area contributed by atoms with Crippen LogP contribution in [0.2, 0.25) is 0 Å². The quantitative estimate of drug-likeness (QED) is 0.476. The fourth-order valence-electron chi connectivity index (χ4n) is 3.20. The Bertz CT molecular complexity index is 1180. The molecule has 32 heavy (non-hydrogen) atoms. The number of nitrogens with two attached hydrogens (primary N) is 1. The highest BCUT2D eigenvalue weighted by Crippen LogP contribution is 2.22. The molecule has 0 radical (unpaired) electrons. The number of hydrogen-bond acceptors (Lipinski definition) is 6. The predicted molar refractivity (Wildman–Crippen MR) is 127 cm³/mol. The van der Waals surface area contributed by atoms with Crippen LogP contribution in [0.25, 0.3) is 0 Å². The number of imidazole rings is 1. The highest BCUT2D eigenvalue weighted by Gasteiger charge is 2.25. The van der Waals surface area contributed by atoms with Gasteiger partial charge in [0.15, 0.2) is 10.8 Å². The molecule has 2 aromatic heterocycles. The maximum Gasteiger partial charge on any atom is 0.330 e. The SMILES string of the molecule is CC(C)CCN(C(=O)CSc1nccn1C)c1c(N)n(Cc2ccccc2)c(=O)[nH]c1=O. The van der Waals surface area contributed by atoms with E-state index in [4.69, 9.17) is 5.73 Å². The minimum atomic E-state index is -0.670. The van der Waals surface area contributed by atoms with E-state index in [1.165, 1.54) is 21.2 Å². The van der Waals surface area contributed by atoms with Crippen molar-refractivity contribution in [2.45, 2.75) is 32.0 Å². The first-order chi connectivity index (χ1) is 15.3. The summed E-state index contributed by atoms with van der Waals surface area (Å²) in [6.07, 6.45) is 4.13. The fourth-order valence-corrected chi connectivity index (χ4v) is 4.01. The van der Waals surface area contributed by atoms with Gasteiger partial charge in [0.1, 0.15) is 5.82 Å². The van der Waals surface area contributed by atoms with Gasteiger partial charge in [-0.05, 0) is 17.9 Å². The summed E-state index contributed by atoms with van der Waals surface area (Å²) in [4.78, 5) is 46.4. The molecule has 170 valence electrons. The predicted octanol–water partition coefficient (Wildman–Crippen LogP) is 2.07. The van der Waals surface area contributed by atoms with Gasteiger partial charge in [0, 0.05) is 26.0 Å². The van der Waals surface area contributed by atoms with Crippen LogP contribution in [0.15, 0.2) is 57.5 Å². The number of anilines is 2. The van der Waals surface area contributed by atoms with Crippen molar-refractivity contribution < 1.29 is 4.79 Å². The second-order valence-corrected chi connectivity index (χ2v) is 8.84. The maximum atomic E-state index is 13.2. The van der Waals surface area contributed by atoms with Crippen LogP contribution in [0.3, 0.4) is 0 Å². The van der Waals surface area contributed by atoms with E-state index in [2.05, 4.69) is 9.97 Å². The van der Waals surface area contributed by atoms with Crippen molar-refractivity contribution >= 4 is 29.2 Å². The summed E-state index contributed by atoms with van der Waals surface area (Å²) < 4.78 is 3.10. The smallest absolute Gasteiger partial charge is 0.330 e. The molecule has 0 saturated heterocycles. The number of thioether (sulfide) groups is 1. The lowest BCUT2D eigenvalue weighted by molar-refractivity contribution is -0.116. The summed E-state index contributed by atoms with van der Waals surface area (Å²) in [5.41, 5.74) is 5.89. The normalized spacial score (nSPS) is 11.1. The number of aromatic amines is 1. The molecule has 0 spiro atoms. The number of rotatable bonds is 9. The van der Waals surface area contributed by atoms with Crippen LogP contribution in [0.4, 0.5) is 11.5 Å². The van der Waals surface area contributed by atoms with Gasteiger partial charge in [-0.3, -0.25) is 19.1 Å². The molecule has 2 heterocycles. The van der Waals surface area contributed by atoms with Crippen LogP contribution in [0.1, 0.15) is 25.8 Å². The maximum absolute atomic E-state index is 13.2. The summed E-state index contributed by atoms with van der Waals surface area (Å²) in [5.74, 6) is 0.0881. The molecule has 9 nitrogen and oxygen atoms in total. The van der Waals surface area contributed by atoms with Gasteiger partial charge < -0.3 is 15.2 Å². The number of nitrogen functional groups attached to an aromatic ring is 1. The van der Waals surface area contributed by atoms with E-state index in [-0.39, 0.29) is 29.7 Å². The minimum Gasteiger partial charge on any atom is -0.383 e. The summed E-state index contributed by atoms with van der Waals surface area (Å²) in [5, 5.41) is 0.693. The summed E-state index contributed by atoms with van der Waals surface area (Å²) in [6.45, 7) is 4.57. The molecule has 0 fully saturated rings. The molecule has 0 unspecified atom stereocenters. The lowest BCUT2D eigenvalue weighted by atomic mass is 10.1. The zero-order valence-corrected chi connectivity index (χ0v) is 19.3. The lowest BCUT2D eigenvalue weighted by Gasteiger charge is -2.25. The van der Waals surface area contributed by atoms with Crippen LogP contribution in [0.5, 0.6) is 0 Å². The number of nitrogens with one attached hydrogen (secondary N) is 1. The summed E-state index contributed by atoms with van der Waals surface area (Å²) >= 11 is 1.28. The van der Waals surface area contributed by atoms with Gasteiger partial charge in [-0.25, -0.2) is 9.78 Å². The zero-order valence-electron chi connectivity index (χ0n) is 18.4. The van der Waals surface area contributed by atoms with Crippen LogP contribution in [0, 0.1) is 5.92 Å². The van der Waals surface area contributed by atoms with Crippen molar-refractivity contribution in [3.8, 4) is 0 Å². The van der Waals surface area contributed by atoms with Crippen LogP contribution in [-0.2, 0) is 18.4 Å². The van der Waals surface area contributed by atoms with Crippen molar-refractivity contribution in [2.24, 2.45) is 13.0 Å². The second kappa shape index (κ2) is 10.4. The third-order valence-electron chi connectivity index (χ3n) is 5.00. The average molecular weight is 457 g/mol. The van der Waals surface area contributed by atoms with E-state index in [1.54, 1.807) is 12.4 Å². The Kier molecular flexibility index (Phi) is 7.57. The number of H-pyrrole nitrogens is 1. The number of hydrogen-bond donors (Lipinski definition) is 2. The number of carbonyl (C=O) groups is 1. The van der Waals surface area contributed by atoms with Gasteiger partial charge in [0.05, 0.1) is 12.3 Å². The Hall–Kier alpha value is -3.27. The minimum absolute atomic E-state index is 0.00613. The molecule has 0 aliphatic carbocycles. The van der Waals surface area contributed by atoms with Gasteiger partial charge in [-0.15, -0.1) is 0 Å². The number of aromatic nitrogens is 4. The van der Waals surface area contributed by atoms with E-state index in [0.717, 1.165) is 5.56 Å². The Morgan fingerprint density at radius 1 is 1.25 bits per heavy atom. The molecule has 0 atom stereocenters. The molecule has 10 heteroatoms. The van der Waals surface area contributed by atoms with E-state index < -0.39 is 11.2 Å². The summed E-state index contributed by atoms with van der Waals surface area (Å²) in [6, 6.07) is 9.32. The van der Waals surface area contributed by atoms with Crippen molar-refractivity contribution in [2.75, 3.05) is 22.9 Å². The highest BCUT2D eigenvalue weighted by molar-refractivity contribution is 7.99. The van der Waals surface area contributed by atoms with Crippen LogP contribution >= 0.6 is 11.8 Å². The van der Waals surface area contributed by atoms with Crippen molar-refractivity contribution in [3.05, 3.63) is 69.1 Å². The average Bonchev–Trinajstić information content (AvgIpc) is 3.16. The van der Waals surface area contributed by atoms with Crippen molar-refractivity contribution in [1.82, 2.24) is 19.1 Å². The topological polar surface area (TPSA) is 119 Å². The molecule has 0 bridgehead atoms. The van der Waals surface area contributed by atoms with E-state index in [9.17, 15) is 14.4 Å². The van der Waals surface area contributed by atoms with Crippen LogP contribution < -0.4 is 21.9 Å². The molecule has 0 aliphatic rings. The Morgan fingerprint density at radius 2 is 1.97 bits per heavy atom. The number of carbonyl (C=O) groups excluding carboxylic acids is 1. The van der Waals surface area contributed by atoms with E-state index in [1.807, 2.05) is 55.8 Å². The molecule has 0 saturated carbocycles. The monoisotopic (exact) mass is 456 g/mol. The lowest BCUT2D eigenvalue weighted by Crippen LogP contribution is -2.42. The zero-order chi connectivity index (χ0) is 23.3. The fraction of sp³-hybridized carbons (Fsp3) is 0.364. The Balaban J connectivity index is 1.96. The number of aryl methyl sites for hydroxylation is 1. The van der Waals surface area contributed by atoms with Gasteiger partial charge in [0.25, 0.3) is 5.56 Å². The van der Waals surface area contributed by atoms with Gasteiger partial charge >= 0.3 is 5.69 Å². The second-order valence-electron chi connectivity index (χ2n) is 7.90. The van der Waals surface area contributed by atoms with Crippen LogP contribution in [-0.4, -0.2) is 37.3 Å². The molecule has 3 N–H and O–H groups in total. The van der Waals surface area contributed by atoms with E-state index >= 15 is 0 Å². The van der Waals surface area contributed by atoms with Gasteiger partial charge in [-0.1, -0.05) is 55.9 Å². The number of amides is 1. The highest BCUT2D eigenvalue weighted by atomic mass is 32.2. The number of benzene rings is 1. The van der Waals surface area contributed by atoms with E-state index in [0.29, 0.717) is 24.0 Å². The summed E-state index contributed by atoms with van der Waals surface area (Å²) in [7, 11) is 1.85. The standard InChI is InChI=1S/C22H28N6O3S/c1-15(2)9-11-27(17(29)14-32-22-24-10-12-26(22)3)18-19(23)28(21(31)25-20(18)30)13-16-7-5-4-6-8-16/h4-8,10,12,15H,9,11,13-14,23H2,1-3H3,(H,25,30,31). The molecular weight excluding hydrogens is 428 g/mol. The first kappa shape index (κ1) is 23.4. The molecule has 3 rings (SSSR count). The molecular formula is C22H28N6O3S. The Labute approximate surface area is 190 Å². The number of nitrogens with zero attached hydrogens (tertiary/aromatic N) is 4.